The molecule has 0 aromatic carbocycles. The normalized spacial score (nSPS) is 53.8. The van der Waals surface area contributed by atoms with Crippen LogP contribution in [0.3, 0.4) is 0 Å². The lowest BCUT2D eigenvalue weighted by atomic mass is 9.43. The number of carbonyl (C=O) groups is 1. The minimum Gasteiger partial charge on any atom is -0.295 e. The van der Waals surface area contributed by atoms with Crippen molar-refractivity contribution in [2.24, 2.45) is 58.2 Å². The molecule has 0 bridgehead atoms. The van der Waals surface area contributed by atoms with E-state index in [4.69, 9.17) is 0 Å². The second kappa shape index (κ2) is 6.07. The number of hydrogen-bond donors (Lipinski definition) is 0. The molecule has 0 radical (unpaired) electrons. The summed E-state index contributed by atoms with van der Waals surface area (Å²) in [5.41, 5.74) is 1.50. The summed E-state index contributed by atoms with van der Waals surface area (Å²) in [5.74, 6) is 5.52. The van der Waals surface area contributed by atoms with Crippen LogP contribution >= 0.6 is 0 Å². The van der Waals surface area contributed by atoms with E-state index in [2.05, 4.69) is 39.5 Å². The Kier molecular flexibility index (Phi) is 4.04. The van der Waals surface area contributed by atoms with E-state index in [0.717, 1.165) is 38.0 Å². The third kappa shape index (κ3) is 1.97. The summed E-state index contributed by atoms with van der Waals surface area (Å²) < 4.78 is 0. The lowest BCUT2D eigenvalue weighted by molar-refractivity contribution is -0.117. The van der Waals surface area contributed by atoms with Crippen LogP contribution in [-0.2, 0) is 4.79 Å². The molecule has 4 saturated carbocycles. The molecular formula is C26H35NO. The summed E-state index contributed by atoms with van der Waals surface area (Å²) in [4.78, 5) is 12.1. The molecule has 28 heavy (non-hydrogen) atoms. The Morgan fingerprint density at radius 1 is 1.25 bits per heavy atom. The van der Waals surface area contributed by atoms with Gasteiger partial charge in [-0.15, -0.1) is 6.58 Å². The third-order valence-electron chi connectivity index (χ3n) is 10.5. The monoisotopic (exact) mass is 377 g/mol. The number of ketones is 1. The molecule has 4 fully saturated rings. The molecule has 0 aliphatic heterocycles. The molecule has 0 spiro atoms. The highest BCUT2D eigenvalue weighted by atomic mass is 16.1. The first-order chi connectivity index (χ1) is 13.5. The van der Waals surface area contributed by atoms with Gasteiger partial charge in [0.1, 0.15) is 0 Å². The molecule has 0 amide bonds. The Bertz CT molecular complexity index is 789. The molecule has 5 aliphatic carbocycles. The highest BCUT2D eigenvalue weighted by Gasteiger charge is 2.79. The van der Waals surface area contributed by atoms with Crippen molar-refractivity contribution < 1.29 is 4.79 Å². The van der Waals surface area contributed by atoms with Gasteiger partial charge in [0.05, 0.1) is 11.5 Å². The Morgan fingerprint density at radius 3 is 2.68 bits per heavy atom. The van der Waals surface area contributed by atoms with Crippen molar-refractivity contribution in [3.8, 4) is 6.07 Å². The Morgan fingerprint density at radius 2 is 2.04 bits per heavy atom. The first-order valence-corrected chi connectivity index (χ1v) is 11.8. The van der Waals surface area contributed by atoms with Crippen molar-refractivity contribution in [2.75, 3.05) is 0 Å². The van der Waals surface area contributed by atoms with Crippen molar-refractivity contribution >= 4 is 5.78 Å². The van der Waals surface area contributed by atoms with Crippen LogP contribution in [0.15, 0.2) is 24.3 Å². The second-order valence-electron chi connectivity index (χ2n) is 10.6. The van der Waals surface area contributed by atoms with Gasteiger partial charge in [-0.1, -0.05) is 32.4 Å². The minimum absolute atomic E-state index is 0.119. The standard InChI is InChI=1S/C26H35NO/c1-5-16-12-17-13-18(28)8-9-19(17)20-10-11-25(6-2)24(22(16)20)21-15(4)23(21)26(25,7-3)14-27/h5,13,15-16,19-24H,1,6-12H2,2-4H3/t15?,16-,19-,20+,21?,22+,23?,24-,25-,26-/m0/s1. The molecular weight excluding hydrogens is 342 g/mol. The van der Waals surface area contributed by atoms with Crippen molar-refractivity contribution in [3.63, 3.8) is 0 Å². The first-order valence-electron chi connectivity index (χ1n) is 11.8. The first kappa shape index (κ1) is 18.7. The van der Waals surface area contributed by atoms with E-state index in [0.29, 0.717) is 47.2 Å². The van der Waals surface area contributed by atoms with Gasteiger partial charge in [-0.3, -0.25) is 4.79 Å². The number of rotatable bonds is 3. The molecule has 10 atom stereocenters. The van der Waals surface area contributed by atoms with E-state index in [-0.39, 0.29) is 10.8 Å². The predicted octanol–water partition coefficient (Wildman–Crippen LogP) is 5.95. The number of nitrogens with zero attached hydrogens (tertiary/aromatic N) is 1. The van der Waals surface area contributed by atoms with Gasteiger partial charge in [0, 0.05) is 6.42 Å². The van der Waals surface area contributed by atoms with Crippen LogP contribution in [-0.4, -0.2) is 5.78 Å². The molecule has 5 rings (SSSR count). The molecule has 0 N–H and O–H groups in total. The maximum absolute atomic E-state index is 12.1. The smallest absolute Gasteiger partial charge is 0.155 e. The summed E-state index contributed by atoms with van der Waals surface area (Å²) in [5, 5.41) is 10.5. The number of hydrogen-bond acceptors (Lipinski definition) is 2. The fourth-order valence-electron chi connectivity index (χ4n) is 9.57. The predicted molar refractivity (Wildman–Crippen MR) is 111 cm³/mol. The van der Waals surface area contributed by atoms with E-state index >= 15 is 0 Å². The van der Waals surface area contributed by atoms with E-state index in [1.807, 2.05) is 6.08 Å². The molecule has 3 unspecified atom stereocenters. The minimum atomic E-state index is -0.119. The van der Waals surface area contributed by atoms with Crippen LogP contribution in [0.4, 0.5) is 0 Å². The summed E-state index contributed by atoms with van der Waals surface area (Å²) in [7, 11) is 0. The summed E-state index contributed by atoms with van der Waals surface area (Å²) >= 11 is 0. The number of fused-ring (bicyclic) bond motifs is 7. The molecule has 5 aliphatic rings. The van der Waals surface area contributed by atoms with Gasteiger partial charge < -0.3 is 0 Å². The second-order valence-corrected chi connectivity index (χ2v) is 10.6. The van der Waals surface area contributed by atoms with Gasteiger partial charge in [0.15, 0.2) is 5.78 Å². The van der Waals surface area contributed by atoms with E-state index < -0.39 is 0 Å². The van der Waals surface area contributed by atoms with E-state index in [9.17, 15) is 10.1 Å². The fraction of sp³-hybridized carbons (Fsp3) is 0.769. The van der Waals surface area contributed by atoms with Crippen LogP contribution in [0.1, 0.15) is 65.7 Å². The van der Waals surface area contributed by atoms with E-state index in [1.54, 1.807) is 0 Å². The molecule has 0 saturated heterocycles. The van der Waals surface area contributed by atoms with Crippen molar-refractivity contribution in [2.45, 2.75) is 65.7 Å². The molecule has 150 valence electrons. The summed E-state index contributed by atoms with van der Waals surface area (Å²) in [6, 6.07) is 2.95. The average Bonchev–Trinajstić information content (AvgIpc) is 3.28. The summed E-state index contributed by atoms with van der Waals surface area (Å²) in [6.45, 7) is 11.3. The summed E-state index contributed by atoms with van der Waals surface area (Å²) in [6.07, 6.45) is 11.7. The SMILES string of the molecule is C=C[C@H]1CC2=CC(=O)CC[C@@H]2[C@H]2CC[C@@]3(CC)[C@@H](C4C(C)C4[C@@]3(C#N)CC)[C@@H]21. The van der Waals surface area contributed by atoms with Gasteiger partial charge in [-0.2, -0.15) is 5.26 Å². The fourth-order valence-corrected chi connectivity index (χ4v) is 9.57. The highest BCUT2D eigenvalue weighted by molar-refractivity contribution is 5.91. The average molecular weight is 378 g/mol. The largest absolute Gasteiger partial charge is 0.295 e. The lowest BCUT2D eigenvalue weighted by Gasteiger charge is -2.60. The molecule has 2 nitrogen and oxygen atoms in total. The van der Waals surface area contributed by atoms with Crippen LogP contribution in [0.25, 0.3) is 0 Å². The van der Waals surface area contributed by atoms with Crippen LogP contribution in [0, 0.1) is 69.5 Å². The zero-order chi connectivity index (χ0) is 19.8. The quantitative estimate of drug-likeness (QED) is 0.570. The van der Waals surface area contributed by atoms with Gasteiger partial charge in [0.2, 0.25) is 0 Å². The highest BCUT2D eigenvalue weighted by Crippen LogP contribution is 2.82. The third-order valence-corrected chi connectivity index (χ3v) is 10.5. The van der Waals surface area contributed by atoms with Crippen LogP contribution < -0.4 is 0 Å². The van der Waals surface area contributed by atoms with Gasteiger partial charge in [0.25, 0.3) is 0 Å². The van der Waals surface area contributed by atoms with Gasteiger partial charge >= 0.3 is 0 Å². The number of allylic oxidation sites excluding steroid dienone is 2. The zero-order valence-electron chi connectivity index (χ0n) is 17.8. The van der Waals surface area contributed by atoms with Crippen molar-refractivity contribution in [1.82, 2.24) is 0 Å². The topological polar surface area (TPSA) is 40.9 Å². The van der Waals surface area contributed by atoms with Gasteiger partial charge in [-0.25, -0.2) is 0 Å². The maximum Gasteiger partial charge on any atom is 0.155 e. The lowest BCUT2D eigenvalue weighted by Crippen LogP contribution is -2.55. The Labute approximate surface area is 170 Å². The Balaban J connectivity index is 1.62. The maximum atomic E-state index is 12.1. The van der Waals surface area contributed by atoms with E-state index in [1.165, 1.54) is 18.4 Å². The Hall–Kier alpha value is -1.36. The molecule has 2 heteroatoms. The van der Waals surface area contributed by atoms with Crippen molar-refractivity contribution in [3.05, 3.63) is 24.3 Å². The number of carbonyl (C=O) groups excluding carboxylic acids is 1. The molecule has 0 heterocycles. The van der Waals surface area contributed by atoms with Crippen molar-refractivity contribution in [1.29, 1.82) is 5.26 Å². The zero-order valence-corrected chi connectivity index (χ0v) is 17.8. The number of nitriles is 1. The molecule has 0 aromatic rings. The van der Waals surface area contributed by atoms with Crippen LogP contribution in [0.5, 0.6) is 0 Å². The van der Waals surface area contributed by atoms with Gasteiger partial charge in [-0.05, 0) is 97.4 Å². The molecule has 0 aromatic heterocycles. The van der Waals surface area contributed by atoms with Crippen LogP contribution in [0.2, 0.25) is 0 Å².